The van der Waals surface area contributed by atoms with Crippen molar-refractivity contribution in [2.75, 3.05) is 18.1 Å². The fraction of sp³-hybridized carbons (Fsp3) is 0.571. The average Bonchev–Trinajstić information content (AvgIpc) is 3.16. The van der Waals surface area contributed by atoms with Gasteiger partial charge in [0, 0.05) is 18.8 Å². The van der Waals surface area contributed by atoms with E-state index in [0.717, 1.165) is 22.6 Å². The van der Waals surface area contributed by atoms with Gasteiger partial charge in [0.05, 0.1) is 28.4 Å². The van der Waals surface area contributed by atoms with Gasteiger partial charge in [-0.3, -0.25) is 0 Å². The molecule has 0 bridgehead atoms. The molecule has 1 N–H and O–H groups in total. The van der Waals surface area contributed by atoms with Crippen LogP contribution < -0.4 is 4.72 Å². The molecule has 0 saturated carbocycles. The largest absolute Gasteiger partial charge is 0.464 e. The number of carbonyl (C=O) groups is 1. The van der Waals surface area contributed by atoms with Crippen molar-refractivity contribution in [2.24, 2.45) is 5.89 Å². The van der Waals surface area contributed by atoms with Crippen molar-refractivity contribution in [1.82, 2.24) is 4.72 Å². The predicted octanol–water partition coefficient (Wildman–Crippen LogP) is 4.03. The fourth-order valence-electron chi connectivity index (χ4n) is 3.28. The minimum atomic E-state index is -1.43. The molecule has 1 aromatic carbocycles. The fourth-order valence-corrected chi connectivity index (χ4v) is 7.53. The van der Waals surface area contributed by atoms with Gasteiger partial charge < -0.3 is 4.74 Å². The Bertz CT molecular complexity index is 818. The molecule has 0 amide bonds. The number of carbonyl (C=O) groups excluding carboxylic acids is 1. The SMILES string of the molecule is [2H]C1([C@H](N[S@@](=O)C(C)(C)C)C2(C(=O)OCC)SCCS2)C=Cc2ccccc2C1. The molecule has 3 rings (SSSR count). The van der Waals surface area contributed by atoms with Crippen molar-refractivity contribution in [3.8, 4) is 0 Å². The molecule has 1 unspecified atom stereocenters. The Hall–Kier alpha value is -0.760. The van der Waals surface area contributed by atoms with Crippen LogP contribution in [0.3, 0.4) is 0 Å². The minimum absolute atomic E-state index is 0.278. The number of esters is 1. The summed E-state index contributed by atoms with van der Waals surface area (Å²) in [7, 11) is -1.43. The summed E-state index contributed by atoms with van der Waals surface area (Å²) in [5, 5.41) is 0. The number of hydrogen-bond donors (Lipinski definition) is 1. The van der Waals surface area contributed by atoms with E-state index in [1.54, 1.807) is 6.92 Å². The molecule has 1 aliphatic heterocycles. The molecule has 3 atom stereocenters. The lowest BCUT2D eigenvalue weighted by atomic mass is 9.84. The van der Waals surface area contributed by atoms with E-state index in [1.165, 1.54) is 23.5 Å². The zero-order chi connectivity index (χ0) is 21.3. The van der Waals surface area contributed by atoms with Gasteiger partial charge in [0.2, 0.25) is 0 Å². The predicted molar refractivity (Wildman–Crippen MR) is 122 cm³/mol. The van der Waals surface area contributed by atoms with Gasteiger partial charge in [0.15, 0.2) is 4.08 Å². The first-order valence-corrected chi connectivity index (χ1v) is 12.6. The summed E-state index contributed by atoms with van der Waals surface area (Å²) in [6, 6.07) is 7.32. The molecule has 4 nitrogen and oxygen atoms in total. The smallest absolute Gasteiger partial charge is 0.334 e. The van der Waals surface area contributed by atoms with E-state index in [9.17, 15) is 10.4 Å². The molecule has 1 fully saturated rings. The van der Waals surface area contributed by atoms with Crippen LogP contribution in [0, 0.1) is 5.89 Å². The molecule has 7 heteroatoms. The highest BCUT2D eigenvalue weighted by Crippen LogP contribution is 2.50. The number of benzene rings is 1. The quantitative estimate of drug-likeness (QED) is 0.677. The number of ether oxygens (including phenoxy) is 1. The van der Waals surface area contributed by atoms with E-state index >= 15 is 0 Å². The maximum atomic E-state index is 13.2. The van der Waals surface area contributed by atoms with Gasteiger partial charge in [0.1, 0.15) is 0 Å². The van der Waals surface area contributed by atoms with Crippen LogP contribution in [0.2, 0.25) is 0 Å². The van der Waals surface area contributed by atoms with Crippen LogP contribution in [0.5, 0.6) is 0 Å². The summed E-state index contributed by atoms with van der Waals surface area (Å²) in [6.07, 6.45) is 4.25. The number of hydrogen-bond acceptors (Lipinski definition) is 5. The van der Waals surface area contributed by atoms with Gasteiger partial charge in [0.25, 0.3) is 0 Å². The van der Waals surface area contributed by atoms with Crippen LogP contribution in [0.15, 0.2) is 30.3 Å². The number of nitrogens with one attached hydrogen (secondary N) is 1. The Kier molecular flexibility index (Phi) is 6.55. The molecule has 1 heterocycles. The van der Waals surface area contributed by atoms with Crippen LogP contribution in [-0.4, -0.2) is 43.2 Å². The third kappa shape index (κ3) is 4.53. The molecule has 0 radical (unpaired) electrons. The summed E-state index contributed by atoms with van der Waals surface area (Å²) in [5.41, 5.74) is 2.15. The molecule has 28 heavy (non-hydrogen) atoms. The van der Waals surface area contributed by atoms with Crippen LogP contribution in [0.1, 0.15) is 40.2 Å². The number of thioether (sulfide) groups is 2. The molecule has 1 saturated heterocycles. The van der Waals surface area contributed by atoms with Crippen molar-refractivity contribution >= 4 is 46.6 Å². The molecular formula is C21H29NO3S3. The number of rotatable bonds is 6. The molecule has 1 aliphatic carbocycles. The first kappa shape index (κ1) is 20.5. The van der Waals surface area contributed by atoms with E-state index in [1.807, 2.05) is 57.2 Å². The lowest BCUT2D eigenvalue weighted by Gasteiger charge is -2.40. The summed E-state index contributed by atoms with van der Waals surface area (Å²) in [4.78, 5) is 13.2. The van der Waals surface area contributed by atoms with Crippen molar-refractivity contribution in [3.05, 3.63) is 41.5 Å². The Balaban J connectivity index is 2.06. The first-order valence-electron chi connectivity index (χ1n) is 10.0. The summed E-state index contributed by atoms with van der Waals surface area (Å²) >= 11 is 3.02. The van der Waals surface area contributed by atoms with Crippen molar-refractivity contribution < 1.29 is 15.1 Å². The van der Waals surface area contributed by atoms with Gasteiger partial charge in [-0.15, -0.1) is 23.5 Å². The zero-order valence-corrected chi connectivity index (χ0v) is 19.3. The monoisotopic (exact) mass is 440 g/mol. The average molecular weight is 441 g/mol. The van der Waals surface area contributed by atoms with Gasteiger partial charge in [-0.05, 0) is 45.2 Å². The van der Waals surface area contributed by atoms with Crippen molar-refractivity contribution in [3.63, 3.8) is 0 Å². The van der Waals surface area contributed by atoms with Crippen LogP contribution >= 0.6 is 23.5 Å². The standard InChI is InChI=1S/C21H29NO3S3/c1-5-25-19(23)21(26-12-13-27-21)18(22-28(24)20(2,3)4)17-11-10-15-8-6-7-9-16(15)14-17/h6-11,17-18,22H,5,12-14H2,1-4H3/t17?,18-,28-/m0/s1/i17D. The Labute approximate surface area is 180 Å². The van der Waals surface area contributed by atoms with Crippen molar-refractivity contribution in [1.29, 1.82) is 0 Å². The molecule has 0 spiro atoms. The highest BCUT2D eigenvalue weighted by molar-refractivity contribution is 8.22. The summed E-state index contributed by atoms with van der Waals surface area (Å²) < 4.78 is 29.7. The highest BCUT2D eigenvalue weighted by Gasteiger charge is 2.54. The van der Waals surface area contributed by atoms with E-state index in [4.69, 9.17) is 4.74 Å². The lowest BCUT2D eigenvalue weighted by Crippen LogP contribution is -2.57. The van der Waals surface area contributed by atoms with Crippen LogP contribution in [0.4, 0.5) is 0 Å². The van der Waals surface area contributed by atoms with Crippen LogP contribution in [-0.2, 0) is 26.9 Å². The minimum Gasteiger partial charge on any atom is -0.464 e. The zero-order valence-electron chi connectivity index (χ0n) is 17.8. The van der Waals surface area contributed by atoms with E-state index in [2.05, 4.69) is 4.72 Å². The van der Waals surface area contributed by atoms with Gasteiger partial charge in [-0.1, -0.05) is 36.4 Å². The topological polar surface area (TPSA) is 55.4 Å². The third-order valence-electron chi connectivity index (χ3n) is 4.73. The Morgan fingerprint density at radius 3 is 2.71 bits per heavy atom. The first-order chi connectivity index (χ1) is 13.6. The molecule has 154 valence electrons. The lowest BCUT2D eigenvalue weighted by molar-refractivity contribution is -0.144. The van der Waals surface area contributed by atoms with E-state index in [-0.39, 0.29) is 12.6 Å². The van der Waals surface area contributed by atoms with Gasteiger partial charge in [-0.2, -0.15) is 0 Å². The van der Waals surface area contributed by atoms with E-state index < -0.39 is 31.7 Å². The second kappa shape index (κ2) is 8.94. The normalized spacial score (nSPS) is 26.2. The van der Waals surface area contributed by atoms with Gasteiger partial charge >= 0.3 is 5.97 Å². The molecule has 2 aliphatic rings. The summed E-state index contributed by atoms with van der Waals surface area (Å²) in [6.45, 7) is 7.74. The molecular weight excluding hydrogens is 410 g/mol. The van der Waals surface area contributed by atoms with Crippen molar-refractivity contribution in [2.45, 2.75) is 49.0 Å². The summed E-state index contributed by atoms with van der Waals surface area (Å²) in [5.74, 6) is 0.113. The van der Waals surface area contributed by atoms with E-state index in [0.29, 0.717) is 6.42 Å². The maximum Gasteiger partial charge on any atom is 0.334 e. The maximum absolute atomic E-state index is 13.2. The molecule has 1 aromatic rings. The Morgan fingerprint density at radius 2 is 2.07 bits per heavy atom. The number of fused-ring (bicyclic) bond motifs is 1. The Morgan fingerprint density at radius 1 is 1.39 bits per heavy atom. The second-order valence-corrected chi connectivity index (χ2v) is 12.7. The van der Waals surface area contributed by atoms with Gasteiger partial charge in [-0.25, -0.2) is 13.7 Å². The molecule has 0 aromatic heterocycles. The van der Waals surface area contributed by atoms with Crippen LogP contribution in [0.25, 0.3) is 6.08 Å². The third-order valence-corrected chi connectivity index (χ3v) is 9.74. The highest BCUT2D eigenvalue weighted by atomic mass is 32.2. The second-order valence-electron chi connectivity index (χ2n) is 7.80.